The van der Waals surface area contributed by atoms with Gasteiger partial charge in [0.25, 0.3) is 0 Å². The van der Waals surface area contributed by atoms with E-state index in [9.17, 15) is 0 Å². The summed E-state index contributed by atoms with van der Waals surface area (Å²) in [5.41, 5.74) is 1.03. The lowest BCUT2D eigenvalue weighted by Gasteiger charge is -2.36. The van der Waals surface area contributed by atoms with E-state index in [1.54, 1.807) is 7.11 Å². The van der Waals surface area contributed by atoms with Crippen LogP contribution in [-0.2, 0) is 4.74 Å². The zero-order chi connectivity index (χ0) is 17.5. The summed E-state index contributed by atoms with van der Waals surface area (Å²) in [6.07, 6.45) is 2.13. The van der Waals surface area contributed by atoms with Gasteiger partial charge in [-0.15, -0.1) is 0 Å². The highest BCUT2D eigenvalue weighted by atomic mass is 16.5. The van der Waals surface area contributed by atoms with Crippen LogP contribution in [0.15, 0.2) is 0 Å². The van der Waals surface area contributed by atoms with Gasteiger partial charge in [-0.3, -0.25) is 4.90 Å². The quantitative estimate of drug-likeness (QED) is 0.727. The predicted molar refractivity (Wildman–Crippen MR) is 97.0 cm³/mol. The van der Waals surface area contributed by atoms with Gasteiger partial charge < -0.3 is 14.4 Å². The number of aromatic nitrogens is 2. The van der Waals surface area contributed by atoms with Crippen LogP contribution in [0.25, 0.3) is 0 Å². The normalized spacial score (nSPS) is 17.1. The second-order valence-electron chi connectivity index (χ2n) is 6.46. The van der Waals surface area contributed by atoms with Crippen LogP contribution in [0.2, 0.25) is 0 Å². The van der Waals surface area contributed by atoms with Crippen molar-refractivity contribution >= 4 is 5.82 Å². The molecule has 1 unspecified atom stereocenters. The molecule has 0 aliphatic carbocycles. The van der Waals surface area contributed by atoms with Crippen LogP contribution in [-0.4, -0.2) is 67.4 Å². The van der Waals surface area contributed by atoms with Gasteiger partial charge in [0, 0.05) is 33.3 Å². The molecule has 6 nitrogen and oxygen atoms in total. The van der Waals surface area contributed by atoms with Crippen LogP contribution in [0, 0.1) is 13.8 Å². The second kappa shape index (κ2) is 9.18. The van der Waals surface area contributed by atoms with Crippen molar-refractivity contribution in [1.82, 2.24) is 14.9 Å². The highest BCUT2D eigenvalue weighted by molar-refractivity contribution is 5.51. The second-order valence-corrected chi connectivity index (χ2v) is 6.46. The Labute approximate surface area is 146 Å². The molecule has 1 fully saturated rings. The first-order valence-electron chi connectivity index (χ1n) is 9.07. The minimum atomic E-state index is 0.0252. The fourth-order valence-corrected chi connectivity index (χ4v) is 3.09. The summed E-state index contributed by atoms with van der Waals surface area (Å²) in [7, 11) is 1.70. The summed E-state index contributed by atoms with van der Waals surface area (Å²) in [5.74, 6) is 2.46. The Morgan fingerprint density at radius 3 is 2.38 bits per heavy atom. The van der Waals surface area contributed by atoms with Crippen molar-refractivity contribution in [3.8, 4) is 5.88 Å². The van der Waals surface area contributed by atoms with Crippen molar-refractivity contribution in [3.05, 3.63) is 11.4 Å². The number of ether oxygens (including phenoxy) is 2. The molecule has 1 aliphatic heterocycles. The molecule has 1 aromatic rings. The Morgan fingerprint density at radius 2 is 1.79 bits per heavy atom. The highest BCUT2D eigenvalue weighted by Crippen LogP contribution is 2.27. The van der Waals surface area contributed by atoms with E-state index >= 15 is 0 Å². The van der Waals surface area contributed by atoms with Gasteiger partial charge in [-0.05, 0) is 33.2 Å². The third-order valence-corrected chi connectivity index (χ3v) is 4.49. The number of aryl methyl sites for hydroxylation is 1. The summed E-state index contributed by atoms with van der Waals surface area (Å²) in [4.78, 5) is 14.1. The van der Waals surface area contributed by atoms with Crippen LogP contribution in [0.5, 0.6) is 5.88 Å². The number of nitrogens with zero attached hydrogens (tertiary/aromatic N) is 4. The van der Waals surface area contributed by atoms with Crippen molar-refractivity contribution < 1.29 is 9.47 Å². The molecular weight excluding hydrogens is 304 g/mol. The van der Waals surface area contributed by atoms with Gasteiger partial charge >= 0.3 is 0 Å². The van der Waals surface area contributed by atoms with Gasteiger partial charge in [-0.1, -0.05) is 13.8 Å². The summed E-state index contributed by atoms with van der Waals surface area (Å²) < 4.78 is 11.3. The van der Waals surface area contributed by atoms with Gasteiger partial charge in [0.05, 0.1) is 12.2 Å². The molecule has 2 heterocycles. The molecular formula is C18H32N4O2. The monoisotopic (exact) mass is 336 g/mol. The first-order valence-corrected chi connectivity index (χ1v) is 9.07. The van der Waals surface area contributed by atoms with Crippen molar-refractivity contribution in [2.24, 2.45) is 0 Å². The topological polar surface area (TPSA) is 50.7 Å². The van der Waals surface area contributed by atoms with E-state index in [4.69, 9.17) is 14.5 Å². The summed E-state index contributed by atoms with van der Waals surface area (Å²) >= 11 is 0. The van der Waals surface area contributed by atoms with E-state index in [-0.39, 0.29) is 6.10 Å². The zero-order valence-electron chi connectivity index (χ0n) is 15.8. The molecule has 136 valence electrons. The van der Waals surface area contributed by atoms with Gasteiger partial charge in [-0.25, -0.2) is 4.98 Å². The SMILES string of the molecule is CCCN1CCN(c2nc(C)nc(OC(CC)COC)c2C)CC1. The average Bonchev–Trinajstić information content (AvgIpc) is 2.58. The first-order chi connectivity index (χ1) is 11.6. The molecule has 24 heavy (non-hydrogen) atoms. The lowest BCUT2D eigenvalue weighted by Crippen LogP contribution is -2.47. The first kappa shape index (κ1) is 18.9. The molecule has 0 spiro atoms. The highest BCUT2D eigenvalue weighted by Gasteiger charge is 2.22. The maximum Gasteiger partial charge on any atom is 0.222 e. The fourth-order valence-electron chi connectivity index (χ4n) is 3.09. The van der Waals surface area contributed by atoms with Crippen LogP contribution in [0.4, 0.5) is 5.82 Å². The average molecular weight is 336 g/mol. The molecule has 2 rings (SSSR count). The third-order valence-electron chi connectivity index (χ3n) is 4.49. The molecule has 6 heteroatoms. The number of hydrogen-bond acceptors (Lipinski definition) is 6. The summed E-state index contributed by atoms with van der Waals surface area (Å²) in [6, 6.07) is 0. The largest absolute Gasteiger partial charge is 0.472 e. The van der Waals surface area contributed by atoms with Gasteiger partial charge in [0.15, 0.2) is 0 Å². The van der Waals surface area contributed by atoms with Crippen molar-refractivity contribution in [2.75, 3.05) is 51.3 Å². The van der Waals surface area contributed by atoms with Crippen molar-refractivity contribution in [1.29, 1.82) is 0 Å². The molecule has 1 aromatic heterocycles. The van der Waals surface area contributed by atoms with E-state index in [2.05, 4.69) is 35.6 Å². The number of piperazine rings is 1. The van der Waals surface area contributed by atoms with Gasteiger partial charge in [0.2, 0.25) is 5.88 Å². The Kier molecular flexibility index (Phi) is 7.24. The smallest absolute Gasteiger partial charge is 0.222 e. The van der Waals surface area contributed by atoms with Gasteiger partial charge in [0.1, 0.15) is 17.7 Å². The van der Waals surface area contributed by atoms with E-state index in [1.807, 2.05) is 6.92 Å². The lowest BCUT2D eigenvalue weighted by molar-refractivity contribution is 0.0749. The van der Waals surface area contributed by atoms with E-state index in [0.717, 1.165) is 49.8 Å². The van der Waals surface area contributed by atoms with Crippen LogP contribution in [0.3, 0.4) is 0 Å². The molecule has 0 amide bonds. The minimum absolute atomic E-state index is 0.0252. The third kappa shape index (κ3) is 4.80. The summed E-state index contributed by atoms with van der Waals surface area (Å²) in [5, 5.41) is 0. The Morgan fingerprint density at radius 1 is 1.08 bits per heavy atom. The number of rotatable bonds is 8. The number of methoxy groups -OCH3 is 1. The van der Waals surface area contributed by atoms with Crippen LogP contribution >= 0.6 is 0 Å². The summed E-state index contributed by atoms with van der Waals surface area (Å²) in [6.45, 7) is 14.3. The van der Waals surface area contributed by atoms with E-state index in [0.29, 0.717) is 12.5 Å². The maximum absolute atomic E-state index is 6.09. The number of anilines is 1. The minimum Gasteiger partial charge on any atom is -0.472 e. The zero-order valence-corrected chi connectivity index (χ0v) is 15.8. The molecule has 0 bridgehead atoms. The standard InChI is InChI=1S/C18H32N4O2/c1-6-8-21-9-11-22(12-10-21)17-14(3)18(20-15(4)19-17)24-16(7-2)13-23-5/h16H,6-13H2,1-5H3. The Balaban J connectivity index is 2.13. The predicted octanol–water partition coefficient (Wildman–Crippen LogP) is 2.43. The molecule has 0 radical (unpaired) electrons. The Bertz CT molecular complexity index is 516. The molecule has 1 aliphatic rings. The van der Waals surface area contributed by atoms with Crippen LogP contribution in [0.1, 0.15) is 38.1 Å². The molecule has 0 saturated carbocycles. The Hall–Kier alpha value is -1.40. The van der Waals surface area contributed by atoms with Crippen LogP contribution < -0.4 is 9.64 Å². The maximum atomic E-state index is 6.09. The van der Waals surface area contributed by atoms with Crippen molar-refractivity contribution in [2.45, 2.75) is 46.6 Å². The molecule has 0 aromatic carbocycles. The molecule has 1 saturated heterocycles. The van der Waals surface area contributed by atoms with E-state index in [1.165, 1.54) is 13.0 Å². The molecule has 0 N–H and O–H groups in total. The molecule has 1 atom stereocenters. The fraction of sp³-hybridized carbons (Fsp3) is 0.778. The van der Waals surface area contributed by atoms with E-state index < -0.39 is 0 Å². The van der Waals surface area contributed by atoms with Crippen molar-refractivity contribution in [3.63, 3.8) is 0 Å². The van der Waals surface area contributed by atoms with Gasteiger partial charge in [-0.2, -0.15) is 4.98 Å². The lowest BCUT2D eigenvalue weighted by atomic mass is 10.2. The number of hydrogen-bond donors (Lipinski definition) is 0.